The van der Waals surface area contributed by atoms with Gasteiger partial charge in [0.1, 0.15) is 0 Å². The summed E-state index contributed by atoms with van der Waals surface area (Å²) in [6.45, 7) is 26.7. The summed E-state index contributed by atoms with van der Waals surface area (Å²) in [6, 6.07) is 17.9. The lowest BCUT2D eigenvalue weighted by Crippen LogP contribution is -2.20. The maximum absolute atomic E-state index is 4.17. The summed E-state index contributed by atoms with van der Waals surface area (Å²) in [5, 5.41) is 0. The summed E-state index contributed by atoms with van der Waals surface area (Å²) in [5.74, 6) is 0. The molecular formula is C38H63N. The summed E-state index contributed by atoms with van der Waals surface area (Å²) in [6.07, 6.45) is 15.1. The highest BCUT2D eigenvalue weighted by molar-refractivity contribution is 5.63. The minimum atomic E-state index is 1.11. The molecule has 0 N–H and O–H groups in total. The smallest absolute Gasteiger partial charge is 0.00156 e. The first-order valence-electron chi connectivity index (χ1n) is 16.1. The molecule has 0 unspecified atom stereocenters. The first-order chi connectivity index (χ1) is 18.9. The number of hydrogen-bond acceptors (Lipinski definition) is 1. The quantitative estimate of drug-likeness (QED) is 0.183. The number of aryl methyl sites for hydroxylation is 3. The molecule has 3 rings (SSSR count). The van der Waals surface area contributed by atoms with Crippen LogP contribution in [0.25, 0.3) is 5.57 Å². The van der Waals surface area contributed by atoms with E-state index in [0.29, 0.717) is 0 Å². The second-order valence-electron chi connectivity index (χ2n) is 10.9. The Morgan fingerprint density at radius 2 is 1.23 bits per heavy atom. The van der Waals surface area contributed by atoms with Gasteiger partial charge in [-0.1, -0.05) is 120 Å². The Bertz CT molecular complexity index is 837. The first-order valence-corrected chi connectivity index (χ1v) is 16.1. The van der Waals surface area contributed by atoms with Crippen LogP contribution in [0.4, 0.5) is 0 Å². The fourth-order valence-electron chi connectivity index (χ4n) is 4.55. The average Bonchev–Trinajstić information content (AvgIpc) is 3.45. The SMILES string of the molecule is C=C(C)CCCCCC(=C)c1ccc(C)cc1.CC.CCC.CCCc1ccc(CCCN2CCCC2)cc1. The second kappa shape index (κ2) is 24.9. The fourth-order valence-corrected chi connectivity index (χ4v) is 4.55. The minimum absolute atomic E-state index is 1.11. The first kappa shape index (κ1) is 36.9. The molecule has 1 nitrogen and oxygen atoms in total. The Hall–Kier alpha value is -2.12. The van der Waals surface area contributed by atoms with Crippen molar-refractivity contribution in [2.24, 2.45) is 0 Å². The molecule has 2 aromatic carbocycles. The van der Waals surface area contributed by atoms with Crippen LogP contribution in [-0.4, -0.2) is 24.5 Å². The van der Waals surface area contributed by atoms with Crippen molar-refractivity contribution in [2.75, 3.05) is 19.6 Å². The van der Waals surface area contributed by atoms with Crippen LogP contribution in [0.2, 0.25) is 0 Å². The molecule has 0 aliphatic carbocycles. The van der Waals surface area contributed by atoms with Gasteiger partial charge in [-0.2, -0.15) is 0 Å². The van der Waals surface area contributed by atoms with Gasteiger partial charge in [-0.3, -0.25) is 0 Å². The molecule has 1 heteroatoms. The number of allylic oxidation sites excluding steroid dienone is 2. The molecule has 0 radical (unpaired) electrons. The van der Waals surface area contributed by atoms with Crippen LogP contribution < -0.4 is 0 Å². The van der Waals surface area contributed by atoms with E-state index < -0.39 is 0 Å². The number of likely N-dealkylation sites (tertiary alicyclic amines) is 1. The number of unbranched alkanes of at least 4 members (excludes halogenated alkanes) is 2. The largest absolute Gasteiger partial charge is 0.303 e. The molecule has 220 valence electrons. The minimum Gasteiger partial charge on any atom is -0.303 e. The molecule has 1 fully saturated rings. The van der Waals surface area contributed by atoms with Gasteiger partial charge in [0.2, 0.25) is 0 Å². The second-order valence-corrected chi connectivity index (χ2v) is 10.9. The third-order valence-corrected chi connectivity index (χ3v) is 6.74. The lowest BCUT2D eigenvalue weighted by molar-refractivity contribution is 0.334. The van der Waals surface area contributed by atoms with E-state index in [0.717, 1.165) is 12.8 Å². The molecule has 1 saturated heterocycles. The number of nitrogens with zero attached hydrogens (tertiary/aromatic N) is 1. The Kier molecular flexibility index (Phi) is 23.5. The van der Waals surface area contributed by atoms with Crippen LogP contribution in [0.3, 0.4) is 0 Å². The summed E-state index contributed by atoms with van der Waals surface area (Å²) in [7, 11) is 0. The zero-order chi connectivity index (χ0) is 29.3. The highest BCUT2D eigenvalue weighted by atomic mass is 15.1. The van der Waals surface area contributed by atoms with Gasteiger partial charge in [0.15, 0.2) is 0 Å². The van der Waals surface area contributed by atoms with Crippen molar-refractivity contribution in [3.8, 4) is 0 Å². The Balaban J connectivity index is 0.000000636. The standard InChI is InChI=1S/C17H24.C16H25N.C3H8.C2H6/c1-14(2)8-6-5-7-9-16(4)17-12-10-15(3)11-13-17;1-2-6-15-8-10-16(11-9-15)7-5-14-17-12-3-4-13-17;1-3-2;1-2/h10-13H,1,4-9H2,2-3H3;8-11H,2-7,12-14H2,1H3;3H2,1-2H3;1-2H3. The zero-order valence-corrected chi connectivity index (χ0v) is 27.1. The van der Waals surface area contributed by atoms with E-state index in [1.807, 2.05) is 13.8 Å². The molecule has 39 heavy (non-hydrogen) atoms. The summed E-state index contributed by atoms with van der Waals surface area (Å²) < 4.78 is 0. The summed E-state index contributed by atoms with van der Waals surface area (Å²) in [4.78, 5) is 2.60. The molecular weight excluding hydrogens is 470 g/mol. The van der Waals surface area contributed by atoms with Gasteiger partial charge in [0.05, 0.1) is 0 Å². The van der Waals surface area contributed by atoms with Crippen molar-refractivity contribution in [3.63, 3.8) is 0 Å². The third-order valence-electron chi connectivity index (χ3n) is 6.74. The van der Waals surface area contributed by atoms with E-state index in [-0.39, 0.29) is 0 Å². The fraction of sp³-hybridized carbons (Fsp3) is 0.579. The van der Waals surface area contributed by atoms with Crippen LogP contribution >= 0.6 is 0 Å². The van der Waals surface area contributed by atoms with E-state index in [1.165, 1.54) is 117 Å². The average molecular weight is 534 g/mol. The van der Waals surface area contributed by atoms with E-state index in [1.54, 1.807) is 0 Å². The van der Waals surface area contributed by atoms with Crippen LogP contribution in [0.5, 0.6) is 0 Å². The van der Waals surface area contributed by atoms with Gasteiger partial charge >= 0.3 is 0 Å². The van der Waals surface area contributed by atoms with Crippen molar-refractivity contribution in [1.82, 2.24) is 4.90 Å². The van der Waals surface area contributed by atoms with Crippen molar-refractivity contribution < 1.29 is 0 Å². The summed E-state index contributed by atoms with van der Waals surface area (Å²) >= 11 is 0. The molecule has 0 amide bonds. The molecule has 0 atom stereocenters. The molecule has 1 aliphatic heterocycles. The van der Waals surface area contributed by atoms with Gasteiger partial charge < -0.3 is 4.90 Å². The summed E-state index contributed by atoms with van der Waals surface area (Å²) in [5.41, 5.74) is 8.14. The van der Waals surface area contributed by atoms with Crippen LogP contribution in [0, 0.1) is 6.92 Å². The highest BCUT2D eigenvalue weighted by Crippen LogP contribution is 2.20. The van der Waals surface area contributed by atoms with Gasteiger partial charge in [-0.15, -0.1) is 6.58 Å². The molecule has 0 bridgehead atoms. The van der Waals surface area contributed by atoms with E-state index >= 15 is 0 Å². The van der Waals surface area contributed by atoms with E-state index in [9.17, 15) is 0 Å². The molecule has 0 spiro atoms. The normalized spacial score (nSPS) is 12.3. The van der Waals surface area contributed by atoms with Crippen molar-refractivity contribution in [3.05, 3.63) is 89.5 Å². The van der Waals surface area contributed by atoms with Crippen LogP contribution in [0.1, 0.15) is 128 Å². The van der Waals surface area contributed by atoms with Crippen molar-refractivity contribution in [2.45, 2.75) is 126 Å². The predicted octanol–water partition coefficient (Wildman–Crippen LogP) is 11.6. The van der Waals surface area contributed by atoms with Crippen molar-refractivity contribution in [1.29, 1.82) is 0 Å². The van der Waals surface area contributed by atoms with Gasteiger partial charge in [-0.25, -0.2) is 0 Å². The molecule has 0 aromatic heterocycles. The predicted molar refractivity (Wildman–Crippen MR) is 180 cm³/mol. The molecule has 1 aliphatic rings. The molecule has 0 saturated carbocycles. The number of hydrogen-bond donors (Lipinski definition) is 0. The maximum Gasteiger partial charge on any atom is -0.00156 e. The number of rotatable bonds is 13. The Morgan fingerprint density at radius 3 is 1.74 bits per heavy atom. The Morgan fingerprint density at radius 1 is 0.718 bits per heavy atom. The van der Waals surface area contributed by atoms with Crippen molar-refractivity contribution >= 4 is 5.57 Å². The molecule has 1 heterocycles. The lowest BCUT2D eigenvalue weighted by Gasteiger charge is -2.13. The Labute approximate surface area is 244 Å². The zero-order valence-electron chi connectivity index (χ0n) is 27.1. The lowest BCUT2D eigenvalue weighted by atomic mass is 9.99. The van der Waals surface area contributed by atoms with E-state index in [4.69, 9.17) is 0 Å². The maximum atomic E-state index is 4.17. The topological polar surface area (TPSA) is 3.24 Å². The van der Waals surface area contributed by atoms with E-state index in [2.05, 4.69) is 101 Å². The number of benzene rings is 2. The molecule has 2 aromatic rings. The third kappa shape index (κ3) is 19.6. The highest BCUT2D eigenvalue weighted by Gasteiger charge is 2.10. The van der Waals surface area contributed by atoms with Gasteiger partial charge in [-0.05, 0) is 114 Å². The van der Waals surface area contributed by atoms with Crippen LogP contribution in [0.15, 0.2) is 67.3 Å². The van der Waals surface area contributed by atoms with Gasteiger partial charge in [0.25, 0.3) is 0 Å². The van der Waals surface area contributed by atoms with Gasteiger partial charge in [0, 0.05) is 0 Å². The monoisotopic (exact) mass is 533 g/mol. The van der Waals surface area contributed by atoms with Crippen LogP contribution in [-0.2, 0) is 12.8 Å².